The molecule has 0 fully saturated rings. The quantitative estimate of drug-likeness (QED) is 0.877. The van der Waals surface area contributed by atoms with Gasteiger partial charge < -0.3 is 19.9 Å². The number of benzene rings is 2. The maximum Gasteiger partial charge on any atom is 0.235 e. The van der Waals surface area contributed by atoms with Gasteiger partial charge in [0.2, 0.25) is 5.91 Å². The molecule has 25 heavy (non-hydrogen) atoms. The smallest absolute Gasteiger partial charge is 0.235 e. The zero-order valence-electron chi connectivity index (χ0n) is 14.5. The van der Waals surface area contributed by atoms with E-state index in [0.717, 1.165) is 16.9 Å². The summed E-state index contributed by atoms with van der Waals surface area (Å²) in [4.78, 5) is 13.0. The monoisotopic (exact) mass is 341 g/mol. The minimum absolute atomic E-state index is 0.0511. The van der Waals surface area contributed by atoms with Gasteiger partial charge >= 0.3 is 0 Å². The lowest BCUT2D eigenvalue weighted by Gasteiger charge is -2.34. The molecule has 1 atom stereocenters. The van der Waals surface area contributed by atoms with Crippen molar-refractivity contribution in [1.29, 1.82) is 0 Å². The van der Waals surface area contributed by atoms with Crippen LogP contribution in [0.25, 0.3) is 0 Å². The number of rotatable bonds is 5. The molecule has 1 unspecified atom stereocenters. The zero-order valence-corrected chi connectivity index (χ0v) is 14.5. The van der Waals surface area contributed by atoms with Gasteiger partial charge in [0.15, 0.2) is 0 Å². The summed E-state index contributed by atoms with van der Waals surface area (Å²) < 4.78 is 11.1. The normalized spacial score (nSPS) is 18.8. The van der Waals surface area contributed by atoms with Crippen LogP contribution in [0, 0.1) is 6.92 Å². The number of nitrogens with one attached hydrogen (secondary N) is 1. The topological polar surface area (TPSA) is 67.8 Å². The summed E-state index contributed by atoms with van der Waals surface area (Å²) in [5.74, 6) is 1.33. The maximum absolute atomic E-state index is 13.0. The second kappa shape index (κ2) is 7.15. The van der Waals surface area contributed by atoms with Crippen molar-refractivity contribution in [2.24, 2.45) is 0 Å². The number of aliphatic hydroxyl groups excluding tert-OH is 1. The summed E-state index contributed by atoms with van der Waals surface area (Å²) in [6.07, 6.45) is 0.621. The van der Waals surface area contributed by atoms with Crippen molar-refractivity contribution in [2.75, 3.05) is 25.1 Å². The molecule has 132 valence electrons. The molecular weight excluding hydrogens is 318 g/mol. The Balaban J connectivity index is 1.84. The number of aliphatic hydroxyl groups is 1. The molecule has 2 aromatic carbocycles. The number of carbonyl (C=O) groups is 1. The van der Waals surface area contributed by atoms with Crippen LogP contribution in [0.15, 0.2) is 42.5 Å². The van der Waals surface area contributed by atoms with E-state index < -0.39 is 5.41 Å². The van der Waals surface area contributed by atoms with E-state index >= 15 is 0 Å². The van der Waals surface area contributed by atoms with E-state index in [0.29, 0.717) is 24.5 Å². The van der Waals surface area contributed by atoms with Crippen molar-refractivity contribution in [3.05, 3.63) is 53.6 Å². The molecule has 2 N–H and O–H groups in total. The Morgan fingerprint density at radius 1 is 1.32 bits per heavy atom. The van der Waals surface area contributed by atoms with Crippen LogP contribution in [-0.4, -0.2) is 30.8 Å². The van der Waals surface area contributed by atoms with Gasteiger partial charge in [0.05, 0.1) is 18.6 Å². The van der Waals surface area contributed by atoms with Crippen LogP contribution in [0.1, 0.15) is 24.5 Å². The van der Waals surface area contributed by atoms with Crippen molar-refractivity contribution in [3.63, 3.8) is 0 Å². The van der Waals surface area contributed by atoms with E-state index in [2.05, 4.69) is 5.32 Å². The minimum atomic E-state index is -0.648. The Morgan fingerprint density at radius 3 is 2.92 bits per heavy atom. The number of carbonyl (C=O) groups excluding carboxylic acids is 1. The predicted molar refractivity (Wildman–Crippen MR) is 96.3 cm³/mol. The van der Waals surface area contributed by atoms with Gasteiger partial charge in [-0.05, 0) is 44.0 Å². The van der Waals surface area contributed by atoms with Crippen LogP contribution in [0.4, 0.5) is 5.69 Å². The number of hydrogen-bond donors (Lipinski definition) is 2. The fourth-order valence-electron chi connectivity index (χ4n) is 3.12. The molecule has 0 saturated heterocycles. The molecule has 3 rings (SSSR count). The van der Waals surface area contributed by atoms with Crippen LogP contribution in [0.2, 0.25) is 0 Å². The molecule has 0 aliphatic carbocycles. The van der Waals surface area contributed by atoms with E-state index in [9.17, 15) is 4.79 Å². The van der Waals surface area contributed by atoms with Crippen molar-refractivity contribution in [2.45, 2.75) is 25.7 Å². The standard InChI is InChI=1S/C20H23NO4/c1-14-11-15(13-16(12-14)24-10-8-22)21-19(23)20(2)7-9-25-18-6-4-3-5-17(18)20/h3-6,11-13,22H,7-10H2,1-2H3,(H,21,23). The summed E-state index contributed by atoms with van der Waals surface area (Å²) >= 11 is 0. The average molecular weight is 341 g/mol. The van der Waals surface area contributed by atoms with E-state index in [1.54, 1.807) is 6.07 Å². The molecule has 1 aliphatic heterocycles. The Bertz CT molecular complexity index is 774. The maximum atomic E-state index is 13.0. The lowest BCUT2D eigenvalue weighted by Crippen LogP contribution is -2.41. The van der Waals surface area contributed by atoms with Crippen molar-refractivity contribution in [3.8, 4) is 11.5 Å². The van der Waals surface area contributed by atoms with E-state index in [-0.39, 0.29) is 19.1 Å². The van der Waals surface area contributed by atoms with Crippen molar-refractivity contribution >= 4 is 11.6 Å². The van der Waals surface area contributed by atoms with E-state index in [1.807, 2.05) is 50.2 Å². The third-order valence-electron chi connectivity index (χ3n) is 4.51. The highest BCUT2D eigenvalue weighted by atomic mass is 16.5. The highest BCUT2D eigenvalue weighted by Gasteiger charge is 2.40. The number of ether oxygens (including phenoxy) is 2. The van der Waals surface area contributed by atoms with Gasteiger partial charge in [-0.3, -0.25) is 4.79 Å². The van der Waals surface area contributed by atoms with Gasteiger partial charge in [-0.2, -0.15) is 0 Å². The third-order valence-corrected chi connectivity index (χ3v) is 4.51. The molecule has 0 radical (unpaired) electrons. The molecule has 5 heteroatoms. The number of aryl methyl sites for hydroxylation is 1. The van der Waals surface area contributed by atoms with Crippen LogP contribution in [-0.2, 0) is 10.2 Å². The van der Waals surface area contributed by atoms with Crippen LogP contribution < -0.4 is 14.8 Å². The first-order valence-electron chi connectivity index (χ1n) is 8.42. The number of amides is 1. The van der Waals surface area contributed by atoms with Crippen LogP contribution in [0.3, 0.4) is 0 Å². The molecule has 0 spiro atoms. The second-order valence-electron chi connectivity index (χ2n) is 6.49. The summed E-state index contributed by atoms with van der Waals surface area (Å²) in [5.41, 5.74) is 1.92. The first kappa shape index (κ1) is 17.3. The van der Waals surface area contributed by atoms with Gasteiger partial charge in [0.25, 0.3) is 0 Å². The summed E-state index contributed by atoms with van der Waals surface area (Å²) in [6, 6.07) is 13.2. The lowest BCUT2D eigenvalue weighted by molar-refractivity contribution is -0.122. The van der Waals surface area contributed by atoms with Gasteiger partial charge in [0, 0.05) is 17.3 Å². The fourth-order valence-corrected chi connectivity index (χ4v) is 3.12. The minimum Gasteiger partial charge on any atom is -0.493 e. The Kier molecular flexibility index (Phi) is 4.95. The summed E-state index contributed by atoms with van der Waals surface area (Å²) in [7, 11) is 0. The second-order valence-corrected chi connectivity index (χ2v) is 6.49. The number of fused-ring (bicyclic) bond motifs is 1. The van der Waals surface area contributed by atoms with Crippen molar-refractivity contribution in [1.82, 2.24) is 0 Å². The number of hydrogen-bond acceptors (Lipinski definition) is 4. The molecule has 5 nitrogen and oxygen atoms in total. The Hall–Kier alpha value is -2.53. The fraction of sp³-hybridized carbons (Fsp3) is 0.350. The largest absolute Gasteiger partial charge is 0.493 e. The SMILES string of the molecule is Cc1cc(NC(=O)C2(C)CCOc3ccccc32)cc(OCCO)c1. The van der Waals surface area contributed by atoms with E-state index in [4.69, 9.17) is 14.6 Å². The molecule has 0 bridgehead atoms. The zero-order chi connectivity index (χ0) is 17.9. The summed E-state index contributed by atoms with van der Waals surface area (Å²) in [5, 5.41) is 11.9. The summed E-state index contributed by atoms with van der Waals surface area (Å²) in [6.45, 7) is 4.57. The highest BCUT2D eigenvalue weighted by Crippen LogP contribution is 2.39. The van der Waals surface area contributed by atoms with Crippen LogP contribution >= 0.6 is 0 Å². The first-order chi connectivity index (χ1) is 12.0. The predicted octanol–water partition coefficient (Wildman–Crippen LogP) is 3.05. The molecular formula is C20H23NO4. The van der Waals surface area contributed by atoms with Crippen molar-refractivity contribution < 1.29 is 19.4 Å². The molecule has 1 amide bonds. The van der Waals surface area contributed by atoms with Gasteiger partial charge in [-0.15, -0.1) is 0 Å². The molecule has 2 aromatic rings. The lowest BCUT2D eigenvalue weighted by atomic mass is 9.77. The Labute approximate surface area is 147 Å². The number of anilines is 1. The molecule has 0 aromatic heterocycles. The highest BCUT2D eigenvalue weighted by molar-refractivity contribution is 5.99. The Morgan fingerprint density at radius 2 is 2.12 bits per heavy atom. The van der Waals surface area contributed by atoms with E-state index in [1.165, 1.54) is 0 Å². The van der Waals surface area contributed by atoms with Gasteiger partial charge in [-0.1, -0.05) is 18.2 Å². The molecule has 0 saturated carbocycles. The average Bonchev–Trinajstić information content (AvgIpc) is 2.60. The van der Waals surface area contributed by atoms with Gasteiger partial charge in [-0.25, -0.2) is 0 Å². The molecule has 1 heterocycles. The van der Waals surface area contributed by atoms with Gasteiger partial charge in [0.1, 0.15) is 18.1 Å². The number of para-hydroxylation sites is 1. The molecule has 1 aliphatic rings. The first-order valence-corrected chi connectivity index (χ1v) is 8.42. The van der Waals surface area contributed by atoms with Crippen LogP contribution in [0.5, 0.6) is 11.5 Å². The third kappa shape index (κ3) is 3.61.